The summed E-state index contributed by atoms with van der Waals surface area (Å²) in [5.41, 5.74) is 0.0603. The van der Waals surface area contributed by atoms with Gasteiger partial charge in [0, 0.05) is 20.1 Å². The molecule has 0 saturated carbocycles. The molecule has 1 aliphatic heterocycles. The molecule has 1 saturated heterocycles. The van der Waals surface area contributed by atoms with Gasteiger partial charge in [0.2, 0.25) is 0 Å². The number of carbonyl (C=O) groups is 2. The highest BCUT2D eigenvalue weighted by molar-refractivity contribution is 5.81. The summed E-state index contributed by atoms with van der Waals surface area (Å²) in [5, 5.41) is 9.59. The molecular weight excluding hydrogens is 378 g/mol. The van der Waals surface area contributed by atoms with Crippen LogP contribution < -0.4 is 9.47 Å². The van der Waals surface area contributed by atoms with Crippen LogP contribution in [0, 0.1) is 0 Å². The van der Waals surface area contributed by atoms with Gasteiger partial charge in [-0.1, -0.05) is 6.07 Å². The molecule has 1 N–H and O–H groups in total. The number of carboxylic acid groups (broad SMARTS) is 1. The van der Waals surface area contributed by atoms with Gasteiger partial charge in [-0.2, -0.15) is 0 Å². The number of hydrogen-bond acceptors (Lipinski definition) is 6. The summed E-state index contributed by atoms with van der Waals surface area (Å²) >= 11 is 0. The van der Waals surface area contributed by atoms with Gasteiger partial charge in [-0.3, -0.25) is 4.90 Å². The van der Waals surface area contributed by atoms with Gasteiger partial charge in [0.1, 0.15) is 11.6 Å². The third-order valence-electron chi connectivity index (χ3n) is 4.60. The van der Waals surface area contributed by atoms with Gasteiger partial charge >= 0.3 is 12.1 Å². The fraction of sp³-hybridized carbons (Fsp3) is 0.619. The molecule has 1 heterocycles. The van der Waals surface area contributed by atoms with Crippen LogP contribution in [0.5, 0.6) is 11.5 Å². The molecule has 1 fully saturated rings. The van der Waals surface area contributed by atoms with Gasteiger partial charge < -0.3 is 24.1 Å². The van der Waals surface area contributed by atoms with Crippen molar-refractivity contribution in [2.75, 3.05) is 27.4 Å². The van der Waals surface area contributed by atoms with E-state index in [9.17, 15) is 14.7 Å². The van der Waals surface area contributed by atoms with Crippen molar-refractivity contribution in [2.45, 2.75) is 57.7 Å². The number of nitrogens with zero attached hydrogens (tertiary/aromatic N) is 1. The van der Waals surface area contributed by atoms with E-state index < -0.39 is 29.7 Å². The number of methoxy groups -OCH3 is 2. The number of rotatable bonds is 8. The van der Waals surface area contributed by atoms with E-state index in [1.807, 2.05) is 6.07 Å². The third-order valence-corrected chi connectivity index (χ3v) is 4.60. The Hall–Kier alpha value is -2.48. The number of likely N-dealkylation sites (tertiary alicyclic amines) is 1. The molecule has 2 unspecified atom stereocenters. The average Bonchev–Trinajstić information content (AvgIpc) is 3.09. The molecule has 1 aromatic rings. The van der Waals surface area contributed by atoms with Crippen LogP contribution in [0.2, 0.25) is 0 Å². The van der Waals surface area contributed by atoms with Gasteiger partial charge in [-0.05, 0) is 51.3 Å². The monoisotopic (exact) mass is 409 g/mol. The predicted octanol–water partition coefficient (Wildman–Crippen LogP) is 3.64. The van der Waals surface area contributed by atoms with E-state index in [1.165, 1.54) is 4.90 Å². The summed E-state index contributed by atoms with van der Waals surface area (Å²) in [6.07, 6.45) is 0.963. The van der Waals surface area contributed by atoms with Gasteiger partial charge in [0.05, 0.1) is 19.8 Å². The summed E-state index contributed by atoms with van der Waals surface area (Å²) in [4.78, 5) is 25.8. The summed E-state index contributed by atoms with van der Waals surface area (Å²) < 4.78 is 21.7. The number of ether oxygens (including phenoxy) is 4. The van der Waals surface area contributed by atoms with Crippen molar-refractivity contribution in [2.24, 2.45) is 0 Å². The van der Waals surface area contributed by atoms with Crippen LogP contribution in [0.15, 0.2) is 18.2 Å². The van der Waals surface area contributed by atoms with Crippen LogP contribution in [-0.4, -0.2) is 61.1 Å². The number of aliphatic carboxylic acids is 1. The Kier molecular flexibility index (Phi) is 7.73. The zero-order chi connectivity index (χ0) is 21.6. The summed E-state index contributed by atoms with van der Waals surface area (Å²) in [7, 11) is 3.19. The minimum Gasteiger partial charge on any atom is -0.493 e. The number of amides is 1. The van der Waals surface area contributed by atoms with Crippen LogP contribution in [-0.2, 0) is 14.3 Å². The van der Waals surface area contributed by atoms with Crippen molar-refractivity contribution in [1.29, 1.82) is 0 Å². The maximum atomic E-state index is 12.8. The Morgan fingerprint density at radius 3 is 2.45 bits per heavy atom. The van der Waals surface area contributed by atoms with Crippen molar-refractivity contribution in [1.82, 2.24) is 4.90 Å². The summed E-state index contributed by atoms with van der Waals surface area (Å²) in [6, 6.07) is 4.05. The lowest BCUT2D eigenvalue weighted by Gasteiger charge is -2.31. The zero-order valence-electron chi connectivity index (χ0n) is 17.8. The molecule has 8 heteroatoms. The Morgan fingerprint density at radius 1 is 1.14 bits per heavy atom. The fourth-order valence-corrected chi connectivity index (χ4v) is 3.35. The smallest absolute Gasteiger partial charge is 0.411 e. The minimum atomic E-state index is -1.04. The summed E-state index contributed by atoms with van der Waals surface area (Å²) in [6.45, 7) is 6.30. The van der Waals surface area contributed by atoms with Crippen molar-refractivity contribution in [3.05, 3.63) is 23.8 Å². The van der Waals surface area contributed by atoms with Crippen molar-refractivity contribution >= 4 is 12.1 Å². The first-order chi connectivity index (χ1) is 13.7. The Labute approximate surface area is 171 Å². The average molecular weight is 409 g/mol. The first-order valence-corrected chi connectivity index (χ1v) is 9.71. The van der Waals surface area contributed by atoms with Crippen molar-refractivity contribution in [3.63, 3.8) is 0 Å². The predicted molar refractivity (Wildman–Crippen MR) is 106 cm³/mol. The van der Waals surface area contributed by atoms with Gasteiger partial charge in [0.15, 0.2) is 11.5 Å². The van der Waals surface area contributed by atoms with Crippen LogP contribution in [0.25, 0.3) is 0 Å². The highest BCUT2D eigenvalue weighted by Crippen LogP contribution is 2.40. The molecule has 0 aromatic heterocycles. The normalized spacial score (nSPS) is 19.1. The maximum Gasteiger partial charge on any atom is 0.411 e. The second kappa shape index (κ2) is 9.82. The van der Waals surface area contributed by atoms with Gasteiger partial charge in [-0.15, -0.1) is 0 Å². The third kappa shape index (κ3) is 6.00. The standard InChI is InChI=1S/C21H31NO7/c1-21(2,3)29-20(25)22-15(8-9-16(22)19(23)24)14-7-10-17(27-5)18(13-14)28-12-6-11-26-4/h7,10,13,15-16H,6,8-9,11-12H2,1-5H3,(H,23,24). The Balaban J connectivity index is 2.29. The quantitative estimate of drug-likeness (QED) is 0.655. The number of hydrogen-bond donors (Lipinski definition) is 1. The van der Waals surface area contributed by atoms with Gasteiger partial charge in [0.25, 0.3) is 0 Å². The van der Waals surface area contributed by atoms with E-state index in [0.717, 1.165) is 12.0 Å². The fourth-order valence-electron chi connectivity index (χ4n) is 3.35. The van der Waals surface area contributed by atoms with E-state index in [2.05, 4.69) is 0 Å². The molecule has 0 aliphatic carbocycles. The molecule has 2 rings (SSSR count). The van der Waals surface area contributed by atoms with E-state index >= 15 is 0 Å². The molecule has 0 spiro atoms. The highest BCUT2D eigenvalue weighted by Gasteiger charge is 2.43. The lowest BCUT2D eigenvalue weighted by Crippen LogP contribution is -2.44. The molecule has 1 aromatic carbocycles. The second-order valence-electron chi connectivity index (χ2n) is 7.94. The Bertz CT molecular complexity index is 713. The van der Waals surface area contributed by atoms with E-state index in [1.54, 1.807) is 47.1 Å². The minimum absolute atomic E-state index is 0.356. The maximum absolute atomic E-state index is 12.8. The largest absolute Gasteiger partial charge is 0.493 e. The lowest BCUT2D eigenvalue weighted by molar-refractivity contribution is -0.142. The zero-order valence-corrected chi connectivity index (χ0v) is 17.8. The molecular formula is C21H31NO7. The van der Waals surface area contributed by atoms with Crippen LogP contribution >= 0.6 is 0 Å². The molecule has 8 nitrogen and oxygen atoms in total. The van der Waals surface area contributed by atoms with E-state index in [4.69, 9.17) is 18.9 Å². The topological polar surface area (TPSA) is 94.5 Å². The molecule has 0 radical (unpaired) electrons. The lowest BCUT2D eigenvalue weighted by atomic mass is 10.0. The van der Waals surface area contributed by atoms with E-state index in [0.29, 0.717) is 37.6 Å². The van der Waals surface area contributed by atoms with Crippen LogP contribution in [0.3, 0.4) is 0 Å². The molecule has 29 heavy (non-hydrogen) atoms. The number of benzene rings is 1. The first-order valence-electron chi connectivity index (χ1n) is 9.71. The van der Waals surface area contributed by atoms with Crippen LogP contribution in [0.4, 0.5) is 4.79 Å². The van der Waals surface area contributed by atoms with Crippen LogP contribution in [0.1, 0.15) is 51.6 Å². The number of carbonyl (C=O) groups excluding carboxylic acids is 1. The van der Waals surface area contributed by atoms with Crippen molar-refractivity contribution in [3.8, 4) is 11.5 Å². The highest BCUT2D eigenvalue weighted by atomic mass is 16.6. The first kappa shape index (κ1) is 22.8. The molecule has 1 amide bonds. The molecule has 0 bridgehead atoms. The SMILES string of the molecule is COCCCOc1cc(C2CCC(C(=O)O)N2C(=O)OC(C)(C)C)ccc1OC. The molecule has 2 atom stereocenters. The second-order valence-corrected chi connectivity index (χ2v) is 7.94. The van der Waals surface area contributed by atoms with Gasteiger partial charge in [-0.25, -0.2) is 9.59 Å². The summed E-state index contributed by atoms with van der Waals surface area (Å²) in [5.74, 6) is 0.0784. The Morgan fingerprint density at radius 2 is 1.86 bits per heavy atom. The van der Waals surface area contributed by atoms with Crippen molar-refractivity contribution < 1.29 is 33.6 Å². The van der Waals surface area contributed by atoms with E-state index in [-0.39, 0.29) is 0 Å². The number of carboxylic acids is 1. The molecule has 1 aliphatic rings. The molecule has 162 valence electrons.